The van der Waals surface area contributed by atoms with Crippen molar-refractivity contribution in [2.75, 3.05) is 11.4 Å². The Labute approximate surface area is 109 Å². The van der Waals surface area contributed by atoms with E-state index in [0.717, 1.165) is 22.8 Å². The fourth-order valence-corrected chi connectivity index (χ4v) is 2.87. The molecule has 0 aliphatic carbocycles. The van der Waals surface area contributed by atoms with Crippen molar-refractivity contribution in [1.29, 1.82) is 0 Å². The lowest BCUT2D eigenvalue weighted by Crippen LogP contribution is -2.38. The fourth-order valence-electron chi connectivity index (χ4n) is 2.58. The molecule has 0 unspecified atom stereocenters. The summed E-state index contributed by atoms with van der Waals surface area (Å²) in [6, 6.07) is 6.22. The molecule has 1 aromatic carbocycles. The Morgan fingerprint density at radius 2 is 2.12 bits per heavy atom. The SMILES string of the molecule is C[C@@H](N)c1ccc(N2CCCC2(C)C)c(Cl)c1. The third kappa shape index (κ3) is 2.43. The normalized spacial score (nSPS) is 20.6. The van der Waals surface area contributed by atoms with Gasteiger partial charge in [0.25, 0.3) is 0 Å². The van der Waals surface area contributed by atoms with Gasteiger partial charge in [-0.3, -0.25) is 0 Å². The molecule has 2 nitrogen and oxygen atoms in total. The highest BCUT2D eigenvalue weighted by atomic mass is 35.5. The predicted molar refractivity (Wildman–Crippen MR) is 74.7 cm³/mol. The van der Waals surface area contributed by atoms with Crippen molar-refractivity contribution < 1.29 is 0 Å². The minimum Gasteiger partial charge on any atom is -0.365 e. The van der Waals surface area contributed by atoms with Gasteiger partial charge >= 0.3 is 0 Å². The van der Waals surface area contributed by atoms with E-state index in [1.165, 1.54) is 12.8 Å². The van der Waals surface area contributed by atoms with Crippen LogP contribution < -0.4 is 10.6 Å². The highest BCUT2D eigenvalue weighted by Gasteiger charge is 2.32. The second kappa shape index (κ2) is 4.51. The number of nitrogens with zero attached hydrogens (tertiary/aromatic N) is 1. The smallest absolute Gasteiger partial charge is 0.0643 e. The zero-order valence-corrected chi connectivity index (χ0v) is 11.6. The minimum absolute atomic E-state index is 0.0353. The quantitative estimate of drug-likeness (QED) is 0.869. The molecule has 0 saturated carbocycles. The number of hydrogen-bond acceptors (Lipinski definition) is 2. The molecular formula is C14H21ClN2. The summed E-state index contributed by atoms with van der Waals surface area (Å²) < 4.78 is 0. The summed E-state index contributed by atoms with van der Waals surface area (Å²) >= 11 is 6.38. The second-order valence-electron chi connectivity index (χ2n) is 5.57. The molecule has 0 amide bonds. The fraction of sp³-hybridized carbons (Fsp3) is 0.571. The van der Waals surface area contributed by atoms with Crippen molar-refractivity contribution in [1.82, 2.24) is 0 Å². The first-order chi connectivity index (χ1) is 7.92. The van der Waals surface area contributed by atoms with Gasteiger partial charge in [-0.1, -0.05) is 17.7 Å². The molecule has 2 rings (SSSR count). The summed E-state index contributed by atoms with van der Waals surface area (Å²) in [6.07, 6.45) is 2.46. The van der Waals surface area contributed by atoms with Crippen LogP contribution in [0, 0.1) is 0 Å². The van der Waals surface area contributed by atoms with Gasteiger partial charge in [0.05, 0.1) is 10.7 Å². The molecule has 0 bridgehead atoms. The summed E-state index contributed by atoms with van der Waals surface area (Å²) in [5, 5.41) is 0.815. The van der Waals surface area contributed by atoms with Crippen molar-refractivity contribution in [3.8, 4) is 0 Å². The lowest BCUT2D eigenvalue weighted by Gasteiger charge is -2.34. The first-order valence-corrected chi connectivity index (χ1v) is 6.62. The van der Waals surface area contributed by atoms with Crippen molar-refractivity contribution in [3.63, 3.8) is 0 Å². The molecule has 94 valence electrons. The van der Waals surface area contributed by atoms with E-state index in [-0.39, 0.29) is 11.6 Å². The van der Waals surface area contributed by atoms with Gasteiger partial charge < -0.3 is 10.6 Å². The molecule has 17 heavy (non-hydrogen) atoms. The van der Waals surface area contributed by atoms with Crippen LogP contribution in [0.2, 0.25) is 5.02 Å². The number of halogens is 1. The number of hydrogen-bond donors (Lipinski definition) is 1. The average Bonchev–Trinajstić information content (AvgIpc) is 2.58. The molecule has 1 atom stereocenters. The van der Waals surface area contributed by atoms with Crippen LogP contribution in [0.15, 0.2) is 18.2 Å². The van der Waals surface area contributed by atoms with Crippen molar-refractivity contribution in [2.45, 2.75) is 45.2 Å². The van der Waals surface area contributed by atoms with Crippen LogP contribution in [0.1, 0.15) is 45.2 Å². The van der Waals surface area contributed by atoms with Gasteiger partial charge in [-0.05, 0) is 51.3 Å². The van der Waals surface area contributed by atoms with Crippen molar-refractivity contribution in [3.05, 3.63) is 28.8 Å². The number of anilines is 1. The van der Waals surface area contributed by atoms with E-state index in [2.05, 4.69) is 30.9 Å². The summed E-state index contributed by atoms with van der Waals surface area (Å²) in [6.45, 7) is 7.61. The van der Waals surface area contributed by atoms with Gasteiger partial charge in [0.1, 0.15) is 0 Å². The summed E-state index contributed by atoms with van der Waals surface area (Å²) in [7, 11) is 0. The molecule has 1 aliphatic heterocycles. The van der Waals surface area contributed by atoms with E-state index in [9.17, 15) is 0 Å². The van der Waals surface area contributed by atoms with Crippen LogP contribution in [0.4, 0.5) is 5.69 Å². The number of rotatable bonds is 2. The molecule has 0 spiro atoms. The third-order valence-electron chi connectivity index (χ3n) is 3.69. The standard InChI is InChI=1S/C14H21ClN2/c1-10(16)11-5-6-13(12(15)9-11)17-8-4-7-14(17,2)3/h5-6,9-10H,4,7-8,16H2,1-3H3/t10-/m1/s1. The Bertz CT molecular complexity index is 413. The highest BCUT2D eigenvalue weighted by Crippen LogP contribution is 2.38. The Kier molecular flexibility index (Phi) is 3.37. The van der Waals surface area contributed by atoms with E-state index >= 15 is 0 Å². The van der Waals surface area contributed by atoms with Crippen LogP contribution in [0.3, 0.4) is 0 Å². The van der Waals surface area contributed by atoms with Gasteiger partial charge in [0.15, 0.2) is 0 Å². The highest BCUT2D eigenvalue weighted by molar-refractivity contribution is 6.33. The first kappa shape index (κ1) is 12.7. The Morgan fingerprint density at radius 3 is 2.59 bits per heavy atom. The Hall–Kier alpha value is -0.730. The van der Waals surface area contributed by atoms with Crippen LogP contribution >= 0.6 is 11.6 Å². The van der Waals surface area contributed by atoms with Crippen molar-refractivity contribution in [2.24, 2.45) is 5.73 Å². The molecule has 0 aromatic heterocycles. The topological polar surface area (TPSA) is 29.3 Å². The second-order valence-corrected chi connectivity index (χ2v) is 5.97. The third-order valence-corrected chi connectivity index (χ3v) is 3.99. The monoisotopic (exact) mass is 252 g/mol. The molecule has 3 heteroatoms. The van der Waals surface area contributed by atoms with E-state index in [1.807, 2.05) is 13.0 Å². The van der Waals surface area contributed by atoms with Crippen LogP contribution in [0.25, 0.3) is 0 Å². The largest absolute Gasteiger partial charge is 0.365 e. The molecule has 1 aliphatic rings. The molecule has 1 fully saturated rings. The first-order valence-electron chi connectivity index (χ1n) is 6.24. The zero-order valence-electron chi connectivity index (χ0n) is 10.8. The van der Waals surface area contributed by atoms with Gasteiger partial charge in [-0.25, -0.2) is 0 Å². The molecule has 2 N–H and O–H groups in total. The molecule has 0 radical (unpaired) electrons. The average molecular weight is 253 g/mol. The van der Waals surface area contributed by atoms with Gasteiger partial charge in [-0.2, -0.15) is 0 Å². The van der Waals surface area contributed by atoms with Crippen LogP contribution in [-0.4, -0.2) is 12.1 Å². The molecular weight excluding hydrogens is 232 g/mol. The van der Waals surface area contributed by atoms with E-state index in [4.69, 9.17) is 17.3 Å². The van der Waals surface area contributed by atoms with Crippen molar-refractivity contribution >= 4 is 17.3 Å². The van der Waals surface area contributed by atoms with E-state index in [0.29, 0.717) is 0 Å². The Morgan fingerprint density at radius 1 is 1.41 bits per heavy atom. The number of benzene rings is 1. The predicted octanol–water partition coefficient (Wildman–Crippen LogP) is 3.74. The van der Waals surface area contributed by atoms with Gasteiger partial charge in [0.2, 0.25) is 0 Å². The maximum atomic E-state index is 6.38. The maximum absolute atomic E-state index is 6.38. The van der Waals surface area contributed by atoms with E-state index in [1.54, 1.807) is 0 Å². The summed E-state index contributed by atoms with van der Waals surface area (Å²) in [5.41, 5.74) is 8.31. The maximum Gasteiger partial charge on any atom is 0.0643 e. The Balaban J connectivity index is 2.34. The summed E-state index contributed by atoms with van der Waals surface area (Å²) in [5.74, 6) is 0. The number of nitrogens with two attached hydrogens (primary N) is 1. The minimum atomic E-state index is 0.0353. The van der Waals surface area contributed by atoms with Gasteiger partial charge in [0, 0.05) is 18.1 Å². The molecule has 1 heterocycles. The zero-order chi connectivity index (χ0) is 12.6. The molecule has 1 saturated heterocycles. The summed E-state index contributed by atoms with van der Waals surface area (Å²) in [4.78, 5) is 2.40. The lowest BCUT2D eigenvalue weighted by molar-refractivity contribution is 0.518. The van der Waals surface area contributed by atoms with Crippen LogP contribution in [0.5, 0.6) is 0 Å². The molecule has 1 aromatic rings. The van der Waals surface area contributed by atoms with Crippen LogP contribution in [-0.2, 0) is 0 Å². The van der Waals surface area contributed by atoms with E-state index < -0.39 is 0 Å². The van der Waals surface area contributed by atoms with Gasteiger partial charge in [-0.15, -0.1) is 0 Å². The lowest BCUT2D eigenvalue weighted by atomic mass is 10.0.